The summed E-state index contributed by atoms with van der Waals surface area (Å²) in [4.78, 5) is 12.3. The smallest absolute Gasteiger partial charge is 0.220 e. The molecule has 1 N–H and O–H groups in total. The van der Waals surface area contributed by atoms with E-state index in [4.69, 9.17) is 12.2 Å². The van der Waals surface area contributed by atoms with E-state index in [2.05, 4.69) is 19.2 Å². The van der Waals surface area contributed by atoms with Gasteiger partial charge in [0.2, 0.25) is 5.78 Å². The zero-order valence-electron chi connectivity index (χ0n) is 11.6. The quantitative estimate of drug-likeness (QED) is 0.664. The SMILES string of the molecule is CC(C)c1ccc(NC(=S)C(=O)c2ccccc2)cc1. The Hall–Kier alpha value is -2.00. The van der Waals surface area contributed by atoms with Crippen molar-refractivity contribution in [3.05, 3.63) is 65.7 Å². The van der Waals surface area contributed by atoms with E-state index in [9.17, 15) is 4.79 Å². The van der Waals surface area contributed by atoms with E-state index in [1.165, 1.54) is 5.56 Å². The molecule has 0 aliphatic rings. The van der Waals surface area contributed by atoms with Crippen LogP contribution in [-0.4, -0.2) is 10.8 Å². The molecule has 2 aromatic rings. The number of carbonyl (C=O) groups excluding carboxylic acids is 1. The van der Waals surface area contributed by atoms with E-state index in [0.717, 1.165) is 5.69 Å². The maximum atomic E-state index is 12.1. The Kier molecular flexibility index (Phi) is 4.64. The monoisotopic (exact) mass is 283 g/mol. The number of thiocarbonyl (C=S) groups is 1. The van der Waals surface area contributed by atoms with Gasteiger partial charge in [-0.1, -0.05) is 68.5 Å². The third-order valence-corrected chi connectivity index (χ3v) is 3.36. The average Bonchev–Trinajstić information content (AvgIpc) is 2.48. The van der Waals surface area contributed by atoms with Crippen LogP contribution in [-0.2, 0) is 0 Å². The van der Waals surface area contributed by atoms with Crippen LogP contribution < -0.4 is 5.32 Å². The Bertz CT molecular complexity index is 603. The second kappa shape index (κ2) is 6.44. The second-order valence-corrected chi connectivity index (χ2v) is 5.33. The van der Waals surface area contributed by atoms with Crippen LogP contribution in [0.2, 0.25) is 0 Å². The van der Waals surface area contributed by atoms with Crippen LogP contribution in [0.25, 0.3) is 0 Å². The molecule has 0 fully saturated rings. The van der Waals surface area contributed by atoms with Crippen molar-refractivity contribution in [2.24, 2.45) is 0 Å². The number of Topliss-reactive ketones (excluding diaryl/α,β-unsaturated/α-hetero) is 1. The number of hydrogen-bond donors (Lipinski definition) is 1. The van der Waals surface area contributed by atoms with Gasteiger partial charge in [0.05, 0.1) is 0 Å². The zero-order chi connectivity index (χ0) is 14.5. The molecule has 0 unspecified atom stereocenters. The number of ketones is 1. The molecule has 2 aromatic carbocycles. The maximum Gasteiger partial charge on any atom is 0.220 e. The van der Waals surface area contributed by atoms with E-state index >= 15 is 0 Å². The van der Waals surface area contributed by atoms with Gasteiger partial charge in [0.25, 0.3) is 0 Å². The molecule has 2 nitrogen and oxygen atoms in total. The Morgan fingerprint density at radius 1 is 1.00 bits per heavy atom. The van der Waals surface area contributed by atoms with Gasteiger partial charge < -0.3 is 5.32 Å². The van der Waals surface area contributed by atoms with Crippen LogP contribution >= 0.6 is 12.2 Å². The topological polar surface area (TPSA) is 29.1 Å². The van der Waals surface area contributed by atoms with Gasteiger partial charge in [0, 0.05) is 11.3 Å². The molecule has 20 heavy (non-hydrogen) atoms. The van der Waals surface area contributed by atoms with E-state index in [0.29, 0.717) is 11.5 Å². The summed E-state index contributed by atoms with van der Waals surface area (Å²) in [6, 6.07) is 17.0. The van der Waals surface area contributed by atoms with Crippen LogP contribution in [0.1, 0.15) is 35.7 Å². The highest BCUT2D eigenvalue weighted by molar-refractivity contribution is 7.82. The molecule has 0 saturated carbocycles. The Morgan fingerprint density at radius 2 is 1.60 bits per heavy atom. The molecule has 0 saturated heterocycles. The van der Waals surface area contributed by atoms with E-state index in [-0.39, 0.29) is 10.8 Å². The highest BCUT2D eigenvalue weighted by Gasteiger charge is 2.11. The molecule has 0 radical (unpaired) electrons. The van der Waals surface area contributed by atoms with Crippen LogP contribution in [0, 0.1) is 0 Å². The molecule has 0 aliphatic heterocycles. The first-order chi connectivity index (χ1) is 9.58. The van der Waals surface area contributed by atoms with Crippen LogP contribution in [0.5, 0.6) is 0 Å². The molecule has 0 bridgehead atoms. The summed E-state index contributed by atoms with van der Waals surface area (Å²) in [5.41, 5.74) is 2.70. The van der Waals surface area contributed by atoms with E-state index < -0.39 is 0 Å². The number of benzene rings is 2. The number of hydrogen-bond acceptors (Lipinski definition) is 2. The molecule has 0 atom stereocenters. The Balaban J connectivity index is 2.06. The summed E-state index contributed by atoms with van der Waals surface area (Å²) in [6.07, 6.45) is 0. The largest absolute Gasteiger partial charge is 0.343 e. The first-order valence-corrected chi connectivity index (χ1v) is 6.99. The number of anilines is 1. The van der Waals surface area contributed by atoms with Gasteiger partial charge in [-0.25, -0.2) is 0 Å². The summed E-state index contributed by atoms with van der Waals surface area (Å²) >= 11 is 5.16. The summed E-state index contributed by atoms with van der Waals surface area (Å²) in [6.45, 7) is 4.29. The van der Waals surface area contributed by atoms with Gasteiger partial charge in [0.1, 0.15) is 0 Å². The lowest BCUT2D eigenvalue weighted by Gasteiger charge is -2.09. The van der Waals surface area contributed by atoms with Crippen molar-refractivity contribution in [1.29, 1.82) is 0 Å². The molecular weight excluding hydrogens is 266 g/mol. The summed E-state index contributed by atoms with van der Waals surface area (Å²) in [5, 5.41) is 2.99. The standard InChI is InChI=1S/C17H17NOS/c1-12(2)13-8-10-15(11-9-13)18-17(20)16(19)14-6-4-3-5-7-14/h3-12H,1-2H3,(H,18,20). The van der Waals surface area contributed by atoms with Crippen molar-refractivity contribution >= 4 is 28.7 Å². The summed E-state index contributed by atoms with van der Waals surface area (Å²) in [5.74, 6) is 0.329. The van der Waals surface area contributed by atoms with Crippen molar-refractivity contribution in [3.63, 3.8) is 0 Å². The fourth-order valence-corrected chi connectivity index (χ4v) is 2.10. The Morgan fingerprint density at radius 3 is 2.15 bits per heavy atom. The van der Waals surface area contributed by atoms with Gasteiger partial charge in [-0.15, -0.1) is 0 Å². The van der Waals surface area contributed by atoms with Gasteiger partial charge in [-0.05, 0) is 23.6 Å². The highest BCUT2D eigenvalue weighted by atomic mass is 32.1. The molecular formula is C17H17NOS. The maximum absolute atomic E-state index is 12.1. The van der Waals surface area contributed by atoms with Crippen molar-refractivity contribution in [1.82, 2.24) is 0 Å². The fraction of sp³-hybridized carbons (Fsp3) is 0.176. The lowest BCUT2D eigenvalue weighted by atomic mass is 10.0. The second-order valence-electron chi connectivity index (χ2n) is 4.93. The third-order valence-electron chi connectivity index (χ3n) is 3.08. The molecule has 0 aromatic heterocycles. The predicted molar refractivity (Wildman–Crippen MR) is 87.5 cm³/mol. The van der Waals surface area contributed by atoms with Crippen molar-refractivity contribution in [2.45, 2.75) is 19.8 Å². The lowest BCUT2D eigenvalue weighted by Crippen LogP contribution is -2.20. The molecule has 0 amide bonds. The van der Waals surface area contributed by atoms with Gasteiger partial charge in [-0.3, -0.25) is 4.79 Å². The van der Waals surface area contributed by atoms with Gasteiger partial charge >= 0.3 is 0 Å². The van der Waals surface area contributed by atoms with E-state index in [1.54, 1.807) is 12.1 Å². The van der Waals surface area contributed by atoms with Crippen LogP contribution in [0.3, 0.4) is 0 Å². The number of carbonyl (C=O) groups is 1. The van der Waals surface area contributed by atoms with Crippen LogP contribution in [0.4, 0.5) is 5.69 Å². The molecule has 2 rings (SSSR count). The summed E-state index contributed by atoms with van der Waals surface area (Å²) in [7, 11) is 0. The van der Waals surface area contributed by atoms with Crippen molar-refractivity contribution in [2.75, 3.05) is 5.32 Å². The predicted octanol–water partition coefficient (Wildman–Crippen LogP) is 4.43. The van der Waals surface area contributed by atoms with Crippen molar-refractivity contribution < 1.29 is 4.79 Å². The van der Waals surface area contributed by atoms with Gasteiger partial charge in [-0.2, -0.15) is 0 Å². The normalized spacial score (nSPS) is 10.3. The molecule has 3 heteroatoms. The minimum absolute atomic E-state index is 0.159. The zero-order valence-corrected chi connectivity index (χ0v) is 12.4. The van der Waals surface area contributed by atoms with E-state index in [1.807, 2.05) is 42.5 Å². The van der Waals surface area contributed by atoms with Gasteiger partial charge in [0.15, 0.2) is 4.99 Å². The molecule has 0 aliphatic carbocycles. The Labute approximate surface area is 124 Å². The number of rotatable bonds is 4. The molecule has 0 spiro atoms. The molecule has 102 valence electrons. The minimum Gasteiger partial charge on any atom is -0.343 e. The number of nitrogens with one attached hydrogen (secondary N) is 1. The first-order valence-electron chi connectivity index (χ1n) is 6.58. The summed E-state index contributed by atoms with van der Waals surface area (Å²) < 4.78 is 0. The fourth-order valence-electron chi connectivity index (χ4n) is 1.86. The lowest BCUT2D eigenvalue weighted by molar-refractivity contribution is 0.106. The first kappa shape index (κ1) is 14.4. The highest BCUT2D eigenvalue weighted by Crippen LogP contribution is 2.17. The molecule has 0 heterocycles. The third kappa shape index (κ3) is 3.52. The van der Waals surface area contributed by atoms with Crippen molar-refractivity contribution in [3.8, 4) is 0 Å². The minimum atomic E-state index is -0.159. The van der Waals surface area contributed by atoms with Crippen LogP contribution in [0.15, 0.2) is 54.6 Å². The average molecular weight is 283 g/mol.